The van der Waals surface area contributed by atoms with Crippen LogP contribution >= 0.6 is 36.2 Å². The Labute approximate surface area is 127 Å². The SMILES string of the molecule is CCC[C@@H](c1sccc1C)N1CCNCC1.Cl.Cl. The van der Waals surface area contributed by atoms with Crippen LogP contribution in [0.15, 0.2) is 11.4 Å². The van der Waals surface area contributed by atoms with Crippen molar-refractivity contribution in [1.82, 2.24) is 10.2 Å². The zero-order valence-corrected chi connectivity index (χ0v) is 13.6. The first-order chi connectivity index (χ1) is 7.83. The molecule has 1 aliphatic rings. The van der Waals surface area contributed by atoms with E-state index in [9.17, 15) is 0 Å². The summed E-state index contributed by atoms with van der Waals surface area (Å²) in [4.78, 5) is 4.24. The molecule has 2 nitrogen and oxygen atoms in total. The summed E-state index contributed by atoms with van der Waals surface area (Å²) >= 11 is 1.93. The van der Waals surface area contributed by atoms with Gasteiger partial charge in [0.15, 0.2) is 0 Å². The summed E-state index contributed by atoms with van der Waals surface area (Å²) in [5.41, 5.74) is 1.47. The van der Waals surface area contributed by atoms with E-state index in [1.165, 1.54) is 31.5 Å². The molecule has 1 saturated heterocycles. The molecule has 1 aromatic rings. The molecule has 0 radical (unpaired) electrons. The van der Waals surface area contributed by atoms with Crippen molar-refractivity contribution in [3.63, 3.8) is 0 Å². The van der Waals surface area contributed by atoms with Crippen LogP contribution in [0, 0.1) is 6.92 Å². The van der Waals surface area contributed by atoms with Gasteiger partial charge in [0.05, 0.1) is 0 Å². The van der Waals surface area contributed by atoms with E-state index < -0.39 is 0 Å². The number of aryl methyl sites for hydroxylation is 1. The molecule has 106 valence electrons. The summed E-state index contributed by atoms with van der Waals surface area (Å²) in [5.74, 6) is 0. The average molecular weight is 311 g/mol. The van der Waals surface area contributed by atoms with E-state index in [0.717, 1.165) is 13.1 Å². The molecule has 18 heavy (non-hydrogen) atoms. The van der Waals surface area contributed by atoms with Crippen LogP contribution < -0.4 is 5.32 Å². The van der Waals surface area contributed by atoms with Crippen molar-refractivity contribution in [3.8, 4) is 0 Å². The number of rotatable bonds is 4. The fraction of sp³-hybridized carbons (Fsp3) is 0.692. The Morgan fingerprint density at radius 2 is 2.00 bits per heavy atom. The van der Waals surface area contributed by atoms with Crippen molar-refractivity contribution >= 4 is 36.2 Å². The molecular formula is C13H24Cl2N2S. The van der Waals surface area contributed by atoms with Crippen LogP contribution in [-0.4, -0.2) is 31.1 Å². The lowest BCUT2D eigenvalue weighted by atomic mass is 10.0. The van der Waals surface area contributed by atoms with E-state index in [0.29, 0.717) is 6.04 Å². The number of hydrogen-bond donors (Lipinski definition) is 1. The Morgan fingerprint density at radius 1 is 1.33 bits per heavy atom. The van der Waals surface area contributed by atoms with Crippen LogP contribution in [0.4, 0.5) is 0 Å². The third-order valence-corrected chi connectivity index (χ3v) is 4.48. The average Bonchev–Trinajstić information content (AvgIpc) is 2.73. The Hall–Kier alpha value is 0.200. The third kappa shape index (κ3) is 4.39. The quantitative estimate of drug-likeness (QED) is 0.913. The van der Waals surface area contributed by atoms with Gasteiger partial charge in [0, 0.05) is 37.1 Å². The molecule has 1 aliphatic heterocycles. The van der Waals surface area contributed by atoms with E-state index in [1.807, 2.05) is 11.3 Å². The molecule has 2 rings (SSSR count). The van der Waals surface area contributed by atoms with E-state index in [4.69, 9.17) is 0 Å². The van der Waals surface area contributed by atoms with Gasteiger partial charge in [-0.1, -0.05) is 13.3 Å². The summed E-state index contributed by atoms with van der Waals surface area (Å²) in [6.45, 7) is 9.22. The maximum Gasteiger partial charge on any atom is 0.0445 e. The number of nitrogens with zero attached hydrogens (tertiary/aromatic N) is 1. The van der Waals surface area contributed by atoms with Gasteiger partial charge in [-0.3, -0.25) is 4.90 Å². The van der Waals surface area contributed by atoms with E-state index in [-0.39, 0.29) is 24.8 Å². The van der Waals surface area contributed by atoms with Crippen molar-refractivity contribution in [2.24, 2.45) is 0 Å². The van der Waals surface area contributed by atoms with Gasteiger partial charge >= 0.3 is 0 Å². The van der Waals surface area contributed by atoms with Crippen LogP contribution in [0.5, 0.6) is 0 Å². The zero-order chi connectivity index (χ0) is 11.4. The summed E-state index contributed by atoms with van der Waals surface area (Å²) in [6, 6.07) is 2.91. The fourth-order valence-corrected chi connectivity index (χ4v) is 3.57. The van der Waals surface area contributed by atoms with E-state index in [2.05, 4.69) is 35.5 Å². The standard InChI is InChI=1S/C13H22N2S.2ClH/c1-3-4-12(13-11(2)5-10-16-13)15-8-6-14-7-9-15;;/h5,10,12,14H,3-4,6-9H2,1-2H3;2*1H/t12-;;/m0../s1. The molecule has 0 amide bonds. The maximum absolute atomic E-state index is 3.43. The molecule has 2 heterocycles. The number of nitrogens with one attached hydrogen (secondary N) is 1. The maximum atomic E-state index is 3.43. The van der Waals surface area contributed by atoms with Gasteiger partial charge in [-0.15, -0.1) is 36.2 Å². The molecule has 0 saturated carbocycles. The van der Waals surface area contributed by atoms with Crippen LogP contribution in [0.25, 0.3) is 0 Å². The Balaban J connectivity index is 0.00000144. The molecule has 1 atom stereocenters. The summed E-state index contributed by atoms with van der Waals surface area (Å²) in [7, 11) is 0. The predicted molar refractivity (Wildman–Crippen MR) is 85.6 cm³/mol. The van der Waals surface area contributed by atoms with Gasteiger partial charge < -0.3 is 5.32 Å². The minimum Gasteiger partial charge on any atom is -0.314 e. The second-order valence-electron chi connectivity index (χ2n) is 4.56. The minimum atomic E-state index is 0. The Kier molecular flexibility index (Phi) is 9.26. The second-order valence-corrected chi connectivity index (χ2v) is 5.51. The van der Waals surface area contributed by atoms with E-state index >= 15 is 0 Å². The van der Waals surface area contributed by atoms with Crippen molar-refractivity contribution in [1.29, 1.82) is 0 Å². The summed E-state index contributed by atoms with van der Waals surface area (Å²) in [6.07, 6.45) is 2.56. The molecule has 0 bridgehead atoms. The first kappa shape index (κ1) is 18.2. The lowest BCUT2D eigenvalue weighted by Gasteiger charge is -2.34. The molecule has 1 fully saturated rings. The Bertz CT molecular complexity index is 325. The van der Waals surface area contributed by atoms with Gasteiger partial charge in [0.1, 0.15) is 0 Å². The monoisotopic (exact) mass is 310 g/mol. The molecule has 0 aliphatic carbocycles. The first-order valence-electron chi connectivity index (χ1n) is 6.31. The molecule has 1 aromatic heterocycles. The highest BCUT2D eigenvalue weighted by Crippen LogP contribution is 2.32. The van der Waals surface area contributed by atoms with Crippen LogP contribution in [-0.2, 0) is 0 Å². The normalized spacial score (nSPS) is 17.7. The highest BCUT2D eigenvalue weighted by atomic mass is 35.5. The van der Waals surface area contributed by atoms with Gasteiger partial charge in [-0.2, -0.15) is 0 Å². The number of thiophene rings is 1. The lowest BCUT2D eigenvalue weighted by Crippen LogP contribution is -2.45. The second kappa shape index (κ2) is 9.16. The lowest BCUT2D eigenvalue weighted by molar-refractivity contribution is 0.166. The number of halogens is 2. The van der Waals surface area contributed by atoms with Crippen LogP contribution in [0.1, 0.15) is 36.2 Å². The van der Waals surface area contributed by atoms with Crippen molar-refractivity contribution in [2.45, 2.75) is 32.7 Å². The van der Waals surface area contributed by atoms with Crippen molar-refractivity contribution < 1.29 is 0 Å². The minimum absolute atomic E-state index is 0. The summed E-state index contributed by atoms with van der Waals surface area (Å²) < 4.78 is 0. The number of piperazine rings is 1. The van der Waals surface area contributed by atoms with Gasteiger partial charge in [-0.05, 0) is 30.4 Å². The molecule has 0 unspecified atom stereocenters. The Morgan fingerprint density at radius 3 is 2.50 bits per heavy atom. The molecule has 5 heteroatoms. The number of hydrogen-bond acceptors (Lipinski definition) is 3. The fourth-order valence-electron chi connectivity index (χ4n) is 2.47. The predicted octanol–water partition coefficient (Wildman–Crippen LogP) is 3.65. The molecular weight excluding hydrogens is 287 g/mol. The first-order valence-corrected chi connectivity index (χ1v) is 7.19. The van der Waals surface area contributed by atoms with Gasteiger partial charge in [0.25, 0.3) is 0 Å². The van der Waals surface area contributed by atoms with Gasteiger partial charge in [-0.25, -0.2) is 0 Å². The molecule has 1 N–H and O–H groups in total. The topological polar surface area (TPSA) is 15.3 Å². The third-order valence-electron chi connectivity index (χ3n) is 3.36. The smallest absolute Gasteiger partial charge is 0.0445 e. The molecule has 0 spiro atoms. The van der Waals surface area contributed by atoms with Crippen molar-refractivity contribution in [3.05, 3.63) is 21.9 Å². The zero-order valence-electron chi connectivity index (χ0n) is 11.1. The highest BCUT2D eigenvalue weighted by molar-refractivity contribution is 7.10. The molecule has 0 aromatic carbocycles. The van der Waals surface area contributed by atoms with Crippen LogP contribution in [0.3, 0.4) is 0 Å². The summed E-state index contributed by atoms with van der Waals surface area (Å²) in [5, 5.41) is 5.67. The highest BCUT2D eigenvalue weighted by Gasteiger charge is 2.23. The van der Waals surface area contributed by atoms with Gasteiger partial charge in [0.2, 0.25) is 0 Å². The van der Waals surface area contributed by atoms with E-state index in [1.54, 1.807) is 4.88 Å². The largest absolute Gasteiger partial charge is 0.314 e. The van der Waals surface area contributed by atoms with Crippen molar-refractivity contribution in [2.75, 3.05) is 26.2 Å². The van der Waals surface area contributed by atoms with Crippen LogP contribution in [0.2, 0.25) is 0 Å².